The average molecular weight is 436 g/mol. The van der Waals surface area contributed by atoms with E-state index in [9.17, 15) is 14.4 Å². The number of hydrogen-bond acceptors (Lipinski definition) is 5. The number of ether oxygens (including phenoxy) is 1. The number of anilines is 2. The van der Waals surface area contributed by atoms with Crippen molar-refractivity contribution in [3.05, 3.63) is 65.4 Å². The maximum Gasteiger partial charge on any atom is 0.278 e. The van der Waals surface area contributed by atoms with Crippen molar-refractivity contribution in [2.45, 2.75) is 40.2 Å². The molecule has 3 amide bonds. The Morgan fingerprint density at radius 3 is 2.38 bits per heavy atom. The lowest BCUT2D eigenvalue weighted by atomic mass is 10.0. The van der Waals surface area contributed by atoms with Gasteiger partial charge in [0, 0.05) is 31.5 Å². The molecule has 0 bridgehead atoms. The van der Waals surface area contributed by atoms with Crippen LogP contribution < -0.4 is 10.6 Å². The van der Waals surface area contributed by atoms with Gasteiger partial charge in [-0.05, 0) is 62.6 Å². The lowest BCUT2D eigenvalue weighted by Crippen LogP contribution is -2.34. The summed E-state index contributed by atoms with van der Waals surface area (Å²) in [6.45, 7) is 8.03. The molecule has 7 heteroatoms. The summed E-state index contributed by atoms with van der Waals surface area (Å²) in [6.07, 6.45) is 0.650. The first-order chi connectivity index (χ1) is 15.3. The highest BCUT2D eigenvalue weighted by Crippen LogP contribution is 2.31. The zero-order valence-electron chi connectivity index (χ0n) is 18.9. The summed E-state index contributed by atoms with van der Waals surface area (Å²) in [5, 5.41) is 5.87. The Bertz CT molecular complexity index is 1040. The molecule has 0 spiro atoms. The molecule has 2 aromatic carbocycles. The van der Waals surface area contributed by atoms with Gasteiger partial charge in [0.05, 0.1) is 11.7 Å². The van der Waals surface area contributed by atoms with Crippen LogP contribution in [0.15, 0.2) is 54.2 Å². The van der Waals surface area contributed by atoms with Crippen LogP contribution in [0.4, 0.5) is 11.4 Å². The molecule has 1 aliphatic heterocycles. The first kappa shape index (κ1) is 23.2. The predicted octanol–water partition coefficient (Wildman–Crippen LogP) is 3.96. The number of amides is 3. The van der Waals surface area contributed by atoms with Gasteiger partial charge in [-0.25, -0.2) is 0 Å². The van der Waals surface area contributed by atoms with Gasteiger partial charge in [0.1, 0.15) is 5.70 Å². The smallest absolute Gasteiger partial charge is 0.278 e. The Morgan fingerprint density at radius 1 is 1.03 bits per heavy atom. The van der Waals surface area contributed by atoms with Crippen molar-refractivity contribution >= 4 is 34.7 Å². The van der Waals surface area contributed by atoms with Gasteiger partial charge in [-0.1, -0.05) is 24.3 Å². The molecule has 0 saturated heterocycles. The van der Waals surface area contributed by atoms with Crippen molar-refractivity contribution in [3.8, 4) is 0 Å². The first-order valence-corrected chi connectivity index (χ1v) is 10.7. The highest BCUT2D eigenvalue weighted by molar-refractivity contribution is 6.36. The van der Waals surface area contributed by atoms with Crippen molar-refractivity contribution < 1.29 is 19.1 Å². The lowest BCUT2D eigenvalue weighted by Gasteiger charge is -2.16. The molecule has 0 fully saturated rings. The monoisotopic (exact) mass is 435 g/mol. The molecule has 2 N–H and O–H groups in total. The van der Waals surface area contributed by atoms with Crippen LogP contribution in [0.5, 0.6) is 0 Å². The summed E-state index contributed by atoms with van der Waals surface area (Å²) < 4.78 is 5.55. The van der Waals surface area contributed by atoms with Gasteiger partial charge in [0.2, 0.25) is 5.91 Å². The van der Waals surface area contributed by atoms with Gasteiger partial charge in [0.25, 0.3) is 11.8 Å². The summed E-state index contributed by atoms with van der Waals surface area (Å²) in [7, 11) is 0. The number of imide groups is 1. The molecule has 0 unspecified atom stereocenters. The second kappa shape index (κ2) is 10.2. The molecule has 0 aliphatic carbocycles. The van der Waals surface area contributed by atoms with Crippen LogP contribution in [-0.4, -0.2) is 41.9 Å². The molecule has 2 aromatic rings. The van der Waals surface area contributed by atoms with E-state index in [2.05, 4.69) is 10.6 Å². The Morgan fingerprint density at radius 2 is 1.75 bits per heavy atom. The van der Waals surface area contributed by atoms with Crippen LogP contribution >= 0.6 is 0 Å². The van der Waals surface area contributed by atoms with E-state index >= 15 is 0 Å². The third kappa shape index (κ3) is 5.62. The van der Waals surface area contributed by atoms with E-state index in [-0.39, 0.29) is 36.1 Å². The van der Waals surface area contributed by atoms with Crippen molar-refractivity contribution in [3.63, 3.8) is 0 Å². The van der Waals surface area contributed by atoms with Crippen molar-refractivity contribution in [2.75, 3.05) is 23.8 Å². The SMILES string of the molecule is CC(=O)Nc1ccc(C2=C(Nc3cccc(C)c3)C(=O)N(CCCOC(C)C)C2=O)cc1. The minimum absolute atomic E-state index is 0.0920. The van der Waals surface area contributed by atoms with E-state index < -0.39 is 0 Å². The molecule has 7 nitrogen and oxygen atoms in total. The predicted molar refractivity (Wildman–Crippen MR) is 125 cm³/mol. The number of rotatable bonds is 9. The van der Waals surface area contributed by atoms with Gasteiger partial charge in [0.15, 0.2) is 0 Å². The fourth-order valence-corrected chi connectivity index (χ4v) is 3.50. The van der Waals surface area contributed by atoms with Crippen molar-refractivity contribution in [1.82, 2.24) is 4.90 Å². The second-order valence-electron chi connectivity index (χ2n) is 8.04. The lowest BCUT2D eigenvalue weighted by molar-refractivity contribution is -0.137. The number of carbonyl (C=O) groups excluding carboxylic acids is 3. The van der Waals surface area contributed by atoms with Gasteiger partial charge in [-0.15, -0.1) is 0 Å². The van der Waals surface area contributed by atoms with Crippen molar-refractivity contribution in [1.29, 1.82) is 0 Å². The zero-order chi connectivity index (χ0) is 23.3. The first-order valence-electron chi connectivity index (χ1n) is 10.7. The largest absolute Gasteiger partial charge is 0.379 e. The van der Waals surface area contributed by atoms with E-state index in [4.69, 9.17) is 4.74 Å². The Labute approximate surface area is 188 Å². The maximum atomic E-state index is 13.3. The van der Waals surface area contributed by atoms with Gasteiger partial charge in [-0.3, -0.25) is 19.3 Å². The molecule has 3 rings (SSSR count). The van der Waals surface area contributed by atoms with E-state index in [0.717, 1.165) is 11.3 Å². The van der Waals surface area contributed by atoms with Gasteiger partial charge in [-0.2, -0.15) is 0 Å². The quantitative estimate of drug-likeness (QED) is 0.460. The third-order valence-electron chi connectivity index (χ3n) is 4.93. The maximum absolute atomic E-state index is 13.3. The normalized spacial score (nSPS) is 13.8. The van der Waals surface area contributed by atoms with Gasteiger partial charge >= 0.3 is 0 Å². The third-order valence-corrected chi connectivity index (χ3v) is 4.93. The summed E-state index contributed by atoms with van der Waals surface area (Å²) in [5.74, 6) is -0.885. The fourth-order valence-electron chi connectivity index (χ4n) is 3.50. The molecule has 0 saturated carbocycles. The summed E-state index contributed by atoms with van der Waals surface area (Å²) >= 11 is 0. The van der Waals surface area contributed by atoms with Crippen LogP contribution in [0.1, 0.15) is 38.3 Å². The number of hydrogen-bond donors (Lipinski definition) is 2. The van der Waals surface area contributed by atoms with Gasteiger partial charge < -0.3 is 15.4 Å². The second-order valence-corrected chi connectivity index (χ2v) is 8.04. The molecule has 1 heterocycles. The van der Waals surface area contributed by atoms with E-state index in [1.54, 1.807) is 24.3 Å². The summed E-state index contributed by atoms with van der Waals surface area (Å²) in [5.41, 5.74) is 3.56. The van der Waals surface area contributed by atoms with E-state index in [1.807, 2.05) is 45.0 Å². The number of nitrogens with zero attached hydrogens (tertiary/aromatic N) is 1. The molecular weight excluding hydrogens is 406 g/mol. The molecule has 1 aliphatic rings. The number of aryl methyl sites for hydroxylation is 1. The minimum atomic E-state index is -0.359. The number of nitrogens with one attached hydrogen (secondary N) is 2. The molecule has 32 heavy (non-hydrogen) atoms. The minimum Gasteiger partial charge on any atom is -0.379 e. The number of benzene rings is 2. The topological polar surface area (TPSA) is 87.7 Å². The molecule has 0 atom stereocenters. The van der Waals surface area contributed by atoms with Crippen LogP contribution in [0.2, 0.25) is 0 Å². The fraction of sp³-hybridized carbons (Fsp3) is 0.320. The Kier molecular flexibility index (Phi) is 7.43. The van der Waals surface area contributed by atoms with Crippen LogP contribution in [-0.2, 0) is 19.1 Å². The van der Waals surface area contributed by atoms with E-state index in [0.29, 0.717) is 29.9 Å². The van der Waals surface area contributed by atoms with Crippen LogP contribution in [0.3, 0.4) is 0 Å². The van der Waals surface area contributed by atoms with Crippen molar-refractivity contribution in [2.24, 2.45) is 0 Å². The molecular formula is C25H29N3O4. The van der Waals surface area contributed by atoms with Crippen LogP contribution in [0.25, 0.3) is 5.57 Å². The highest BCUT2D eigenvalue weighted by Gasteiger charge is 2.38. The van der Waals surface area contributed by atoms with E-state index in [1.165, 1.54) is 11.8 Å². The Hall–Kier alpha value is -3.45. The zero-order valence-corrected chi connectivity index (χ0v) is 18.9. The highest BCUT2D eigenvalue weighted by atomic mass is 16.5. The molecule has 168 valence electrons. The molecule has 0 radical (unpaired) electrons. The summed E-state index contributed by atoms with van der Waals surface area (Å²) in [4.78, 5) is 39.0. The standard InChI is InChI=1S/C25H29N3O4/c1-16(2)32-14-6-13-28-24(30)22(19-9-11-20(12-10-19)26-18(4)29)23(25(28)31)27-21-8-5-7-17(3)15-21/h5,7-12,15-16,27H,6,13-14H2,1-4H3,(H,26,29). The van der Waals surface area contributed by atoms with Crippen LogP contribution in [0, 0.1) is 6.92 Å². The summed E-state index contributed by atoms with van der Waals surface area (Å²) in [6, 6.07) is 14.5. The molecule has 0 aromatic heterocycles. The Balaban J connectivity index is 1.90. The number of carbonyl (C=O) groups is 3. The average Bonchev–Trinajstić information content (AvgIpc) is 2.95.